The Kier molecular flexibility index (Phi) is 7.26. The average Bonchev–Trinajstić information content (AvgIpc) is 3.51. The Morgan fingerprint density at radius 3 is 1.76 bits per heavy atom. The second-order valence-corrected chi connectivity index (χ2v) is 9.67. The first-order valence-electron chi connectivity index (χ1n) is 12.0. The highest BCUT2D eigenvalue weighted by Gasteiger charge is 2.41. The molecule has 174 valence electrons. The van der Waals surface area contributed by atoms with Crippen molar-refractivity contribution in [3.05, 3.63) is 71.8 Å². The number of ether oxygens (including phenoxy) is 2. The molecule has 4 rings (SSSR count). The van der Waals surface area contributed by atoms with Gasteiger partial charge in [-0.25, -0.2) is 9.98 Å². The average molecular weight is 447 g/mol. The Morgan fingerprint density at radius 2 is 1.30 bits per heavy atom. The lowest BCUT2D eigenvalue weighted by Crippen LogP contribution is -2.32. The Morgan fingerprint density at radius 1 is 0.818 bits per heavy atom. The summed E-state index contributed by atoms with van der Waals surface area (Å²) in [6.07, 6.45) is 0.322. The first-order valence-corrected chi connectivity index (χ1v) is 12.0. The van der Waals surface area contributed by atoms with Crippen LogP contribution in [0.5, 0.6) is 0 Å². The first-order chi connectivity index (χ1) is 15.9. The van der Waals surface area contributed by atoms with E-state index >= 15 is 0 Å². The van der Waals surface area contributed by atoms with Gasteiger partial charge < -0.3 is 9.47 Å². The van der Waals surface area contributed by atoms with E-state index in [1.807, 2.05) is 48.5 Å². The SMILES string of the molecule is CC(C)C1COC(C(C2=NC(C(C)C)CO2)C(CC(=O)c2ccccc2)c2ccccc2)=N1. The quantitative estimate of drug-likeness (QED) is 0.473. The predicted molar refractivity (Wildman–Crippen MR) is 132 cm³/mol. The highest BCUT2D eigenvalue weighted by Crippen LogP contribution is 2.36. The van der Waals surface area contributed by atoms with E-state index in [0.29, 0.717) is 48.8 Å². The van der Waals surface area contributed by atoms with Gasteiger partial charge in [-0.05, 0) is 17.4 Å². The number of nitrogens with zero attached hydrogens (tertiary/aromatic N) is 2. The van der Waals surface area contributed by atoms with Crippen LogP contribution in [0.25, 0.3) is 0 Å². The monoisotopic (exact) mass is 446 g/mol. The van der Waals surface area contributed by atoms with Crippen molar-refractivity contribution < 1.29 is 14.3 Å². The minimum atomic E-state index is -0.326. The van der Waals surface area contributed by atoms with E-state index in [4.69, 9.17) is 19.5 Å². The standard InChI is InChI=1S/C28H34N2O3/c1-18(2)23-16-32-27(29-23)26(28-30-24(17-33-28)19(3)4)22(20-11-7-5-8-12-20)15-25(31)21-13-9-6-10-14-21/h5-14,18-19,22-24,26H,15-17H2,1-4H3. The summed E-state index contributed by atoms with van der Waals surface area (Å²) in [5, 5.41) is 0. The van der Waals surface area contributed by atoms with Gasteiger partial charge in [0.15, 0.2) is 17.6 Å². The lowest BCUT2D eigenvalue weighted by Gasteiger charge is -2.26. The van der Waals surface area contributed by atoms with Gasteiger partial charge in [-0.1, -0.05) is 88.4 Å². The van der Waals surface area contributed by atoms with E-state index < -0.39 is 0 Å². The maximum absolute atomic E-state index is 13.3. The van der Waals surface area contributed by atoms with E-state index in [9.17, 15) is 4.79 Å². The smallest absolute Gasteiger partial charge is 0.197 e. The molecule has 0 fully saturated rings. The van der Waals surface area contributed by atoms with Crippen LogP contribution in [0.15, 0.2) is 70.6 Å². The number of carbonyl (C=O) groups is 1. The molecular weight excluding hydrogens is 412 g/mol. The van der Waals surface area contributed by atoms with Crippen LogP contribution in [0.4, 0.5) is 0 Å². The molecule has 2 aromatic rings. The number of rotatable bonds is 9. The first kappa shape index (κ1) is 23.2. The molecule has 0 spiro atoms. The molecule has 2 aliphatic rings. The van der Waals surface area contributed by atoms with Gasteiger partial charge in [0.1, 0.15) is 19.1 Å². The molecule has 0 saturated heterocycles. The van der Waals surface area contributed by atoms with E-state index in [1.54, 1.807) is 0 Å². The summed E-state index contributed by atoms with van der Waals surface area (Å²) in [4.78, 5) is 23.2. The normalized spacial score (nSPS) is 21.9. The maximum Gasteiger partial charge on any atom is 0.197 e. The van der Waals surface area contributed by atoms with Gasteiger partial charge >= 0.3 is 0 Å². The van der Waals surface area contributed by atoms with Crippen molar-refractivity contribution in [2.24, 2.45) is 27.7 Å². The van der Waals surface area contributed by atoms with Crippen LogP contribution in [0.1, 0.15) is 56.0 Å². The minimum Gasteiger partial charge on any atom is -0.478 e. The molecule has 2 heterocycles. The molecule has 3 unspecified atom stereocenters. The molecule has 0 saturated carbocycles. The van der Waals surface area contributed by atoms with Crippen LogP contribution < -0.4 is 0 Å². The van der Waals surface area contributed by atoms with Crippen LogP contribution in [-0.2, 0) is 9.47 Å². The van der Waals surface area contributed by atoms with E-state index in [2.05, 4.69) is 39.8 Å². The summed E-state index contributed by atoms with van der Waals surface area (Å²) in [6, 6.07) is 19.8. The van der Waals surface area contributed by atoms with Crippen molar-refractivity contribution in [2.45, 2.75) is 52.1 Å². The van der Waals surface area contributed by atoms with Gasteiger partial charge in [0.25, 0.3) is 0 Å². The molecule has 3 atom stereocenters. The third-order valence-electron chi connectivity index (χ3n) is 6.59. The van der Waals surface area contributed by atoms with E-state index in [-0.39, 0.29) is 29.7 Å². The Bertz CT molecular complexity index is 964. The number of hydrogen-bond acceptors (Lipinski definition) is 5. The van der Waals surface area contributed by atoms with E-state index in [1.165, 1.54) is 0 Å². The molecule has 0 bridgehead atoms. The van der Waals surface area contributed by atoms with Crippen molar-refractivity contribution >= 4 is 17.6 Å². The summed E-state index contributed by atoms with van der Waals surface area (Å²) in [5.41, 5.74) is 1.77. The van der Waals surface area contributed by atoms with Gasteiger partial charge in [0.05, 0.1) is 12.1 Å². The van der Waals surface area contributed by atoms with Crippen LogP contribution in [0.3, 0.4) is 0 Å². The summed E-state index contributed by atoms with van der Waals surface area (Å²) in [5.74, 6) is 1.62. The Labute approximate surface area is 196 Å². The molecule has 0 amide bonds. The number of hydrogen-bond donors (Lipinski definition) is 0. The lowest BCUT2D eigenvalue weighted by atomic mass is 9.80. The van der Waals surface area contributed by atoms with Crippen molar-refractivity contribution in [2.75, 3.05) is 13.2 Å². The zero-order valence-corrected chi connectivity index (χ0v) is 20.0. The lowest BCUT2D eigenvalue weighted by molar-refractivity contribution is 0.0969. The molecule has 0 N–H and O–H groups in total. The molecule has 2 aliphatic heterocycles. The van der Waals surface area contributed by atoms with Gasteiger partial charge in [-0.3, -0.25) is 4.79 Å². The Balaban J connectivity index is 1.75. The highest BCUT2D eigenvalue weighted by atomic mass is 16.5. The van der Waals surface area contributed by atoms with Crippen molar-refractivity contribution in [3.8, 4) is 0 Å². The largest absolute Gasteiger partial charge is 0.478 e. The number of ketones is 1. The van der Waals surface area contributed by atoms with Crippen LogP contribution in [0, 0.1) is 17.8 Å². The number of Topliss-reactive ketones (excluding diaryl/α,β-unsaturated/α-hetero) is 1. The summed E-state index contributed by atoms with van der Waals surface area (Å²) in [6.45, 7) is 9.73. The van der Waals surface area contributed by atoms with Crippen molar-refractivity contribution in [1.82, 2.24) is 0 Å². The third-order valence-corrected chi connectivity index (χ3v) is 6.59. The molecule has 5 heteroatoms. The molecule has 33 heavy (non-hydrogen) atoms. The number of carbonyl (C=O) groups excluding carboxylic acids is 1. The van der Waals surface area contributed by atoms with Crippen LogP contribution in [0.2, 0.25) is 0 Å². The second-order valence-electron chi connectivity index (χ2n) is 9.67. The fraction of sp³-hybridized carbons (Fsp3) is 0.464. The maximum atomic E-state index is 13.3. The highest BCUT2D eigenvalue weighted by molar-refractivity contribution is 6.04. The summed E-state index contributed by atoms with van der Waals surface area (Å²) in [7, 11) is 0. The fourth-order valence-corrected chi connectivity index (χ4v) is 4.36. The molecule has 5 nitrogen and oxygen atoms in total. The predicted octanol–water partition coefficient (Wildman–Crippen LogP) is 5.57. The van der Waals surface area contributed by atoms with Crippen LogP contribution >= 0.6 is 0 Å². The van der Waals surface area contributed by atoms with Crippen molar-refractivity contribution in [1.29, 1.82) is 0 Å². The molecule has 0 aliphatic carbocycles. The Hall–Kier alpha value is -2.95. The zero-order chi connectivity index (χ0) is 23.4. The molecule has 0 aromatic heterocycles. The molecular formula is C28H34N2O3. The minimum absolute atomic E-state index is 0.0902. The van der Waals surface area contributed by atoms with E-state index in [0.717, 1.165) is 5.56 Å². The number of aliphatic imine (C=N–C) groups is 2. The van der Waals surface area contributed by atoms with Gasteiger partial charge in [0.2, 0.25) is 0 Å². The summed E-state index contributed by atoms with van der Waals surface area (Å²) >= 11 is 0. The fourth-order valence-electron chi connectivity index (χ4n) is 4.36. The number of benzene rings is 2. The van der Waals surface area contributed by atoms with Gasteiger partial charge in [0, 0.05) is 17.9 Å². The van der Waals surface area contributed by atoms with Crippen molar-refractivity contribution in [3.63, 3.8) is 0 Å². The van der Waals surface area contributed by atoms with Gasteiger partial charge in [-0.2, -0.15) is 0 Å². The summed E-state index contributed by atoms with van der Waals surface area (Å²) < 4.78 is 12.3. The molecule has 2 aromatic carbocycles. The third kappa shape index (κ3) is 5.35. The van der Waals surface area contributed by atoms with Gasteiger partial charge in [-0.15, -0.1) is 0 Å². The topological polar surface area (TPSA) is 60.2 Å². The van der Waals surface area contributed by atoms with Crippen LogP contribution in [-0.4, -0.2) is 42.9 Å². The molecule has 0 radical (unpaired) electrons. The zero-order valence-electron chi connectivity index (χ0n) is 20.0. The second kappa shape index (κ2) is 10.3.